The van der Waals surface area contributed by atoms with E-state index in [-0.39, 0.29) is 0 Å². The quantitative estimate of drug-likeness (QED) is 0.301. The van der Waals surface area contributed by atoms with Crippen LogP contribution in [0.3, 0.4) is 0 Å². The predicted molar refractivity (Wildman–Crippen MR) is 119 cm³/mol. The molecule has 0 saturated carbocycles. The Morgan fingerprint density at radius 1 is 0.552 bits per heavy atom. The molecule has 0 unspecified atom stereocenters. The Morgan fingerprint density at radius 2 is 1.14 bits per heavy atom. The Hall–Kier alpha value is -3.66. The normalized spacial score (nSPS) is 11.6. The largest absolute Gasteiger partial charge is 0.151 e. The second-order valence-electron chi connectivity index (χ2n) is 6.80. The van der Waals surface area contributed by atoms with Gasteiger partial charge in [0.15, 0.2) is 0 Å². The van der Waals surface area contributed by atoms with Crippen molar-refractivity contribution in [3.8, 4) is 0 Å². The molecule has 0 aromatic heterocycles. The molecular formula is C25H22N4. The van der Waals surface area contributed by atoms with E-state index in [0.717, 1.165) is 41.0 Å². The van der Waals surface area contributed by atoms with E-state index in [4.69, 9.17) is 0 Å². The first-order valence-electron chi connectivity index (χ1n) is 9.83. The van der Waals surface area contributed by atoms with Crippen molar-refractivity contribution in [3.63, 3.8) is 0 Å². The lowest BCUT2D eigenvalue weighted by Crippen LogP contribution is -1.85. The summed E-state index contributed by atoms with van der Waals surface area (Å²) >= 11 is 0. The van der Waals surface area contributed by atoms with Crippen molar-refractivity contribution in [2.24, 2.45) is 20.5 Å². The number of benzene rings is 4. The number of nitrogens with zero attached hydrogens (tertiary/aromatic N) is 4. The van der Waals surface area contributed by atoms with Gasteiger partial charge in [-0.15, -0.1) is 5.11 Å². The second kappa shape index (κ2) is 9.02. The molecule has 142 valence electrons. The molecule has 0 radical (unpaired) electrons. The van der Waals surface area contributed by atoms with E-state index in [1.54, 1.807) is 0 Å². The van der Waals surface area contributed by atoms with Crippen molar-refractivity contribution in [1.82, 2.24) is 0 Å². The van der Waals surface area contributed by atoms with Crippen LogP contribution in [0.1, 0.15) is 18.9 Å². The van der Waals surface area contributed by atoms with Crippen LogP contribution in [0.5, 0.6) is 0 Å². The highest BCUT2D eigenvalue weighted by Gasteiger charge is 2.06. The van der Waals surface area contributed by atoms with Crippen molar-refractivity contribution in [2.75, 3.05) is 0 Å². The topological polar surface area (TPSA) is 49.4 Å². The summed E-state index contributed by atoms with van der Waals surface area (Å²) < 4.78 is 0. The van der Waals surface area contributed by atoms with Crippen LogP contribution in [0.25, 0.3) is 10.8 Å². The van der Waals surface area contributed by atoms with Crippen molar-refractivity contribution >= 4 is 33.5 Å². The zero-order valence-electron chi connectivity index (χ0n) is 16.4. The fraction of sp³-hybridized carbons (Fsp3) is 0.120. The van der Waals surface area contributed by atoms with Gasteiger partial charge in [0.1, 0.15) is 0 Å². The molecule has 4 nitrogen and oxygen atoms in total. The van der Waals surface area contributed by atoms with Gasteiger partial charge in [0.25, 0.3) is 0 Å². The van der Waals surface area contributed by atoms with E-state index in [9.17, 15) is 0 Å². The molecule has 4 aromatic carbocycles. The van der Waals surface area contributed by atoms with Crippen LogP contribution in [0.4, 0.5) is 22.7 Å². The van der Waals surface area contributed by atoms with Crippen molar-refractivity contribution in [3.05, 3.63) is 96.6 Å². The summed E-state index contributed by atoms with van der Waals surface area (Å²) in [5.41, 5.74) is 4.58. The zero-order valence-corrected chi connectivity index (χ0v) is 16.4. The molecule has 4 heteroatoms. The molecule has 4 rings (SSSR count). The molecule has 0 aliphatic rings. The van der Waals surface area contributed by atoms with Gasteiger partial charge in [0.2, 0.25) is 0 Å². The SMILES string of the molecule is CCCc1ccc2ccccc2c1N=Nc1ccc(N=Nc2ccccc2)cc1. The Kier molecular flexibility index (Phi) is 5.81. The molecule has 4 aromatic rings. The highest BCUT2D eigenvalue weighted by atomic mass is 15.1. The monoisotopic (exact) mass is 378 g/mol. The summed E-state index contributed by atoms with van der Waals surface area (Å²) in [6.07, 6.45) is 2.06. The van der Waals surface area contributed by atoms with Crippen molar-refractivity contribution in [2.45, 2.75) is 19.8 Å². The van der Waals surface area contributed by atoms with Gasteiger partial charge in [-0.25, -0.2) is 0 Å². The molecule has 29 heavy (non-hydrogen) atoms. The lowest BCUT2D eigenvalue weighted by Gasteiger charge is -2.07. The second-order valence-corrected chi connectivity index (χ2v) is 6.80. The molecule has 0 amide bonds. The highest BCUT2D eigenvalue weighted by Crippen LogP contribution is 2.33. The third kappa shape index (κ3) is 4.61. The summed E-state index contributed by atoms with van der Waals surface area (Å²) in [5, 5.41) is 19.9. The first kappa shape index (κ1) is 18.7. The maximum atomic E-state index is 4.62. The number of hydrogen-bond acceptors (Lipinski definition) is 4. The van der Waals surface area contributed by atoms with E-state index in [1.807, 2.05) is 66.7 Å². The molecule has 0 bridgehead atoms. The van der Waals surface area contributed by atoms with Gasteiger partial charge in [0, 0.05) is 5.39 Å². The van der Waals surface area contributed by atoms with Gasteiger partial charge >= 0.3 is 0 Å². The number of azo groups is 2. The van der Waals surface area contributed by atoms with E-state index in [2.05, 4.69) is 51.6 Å². The Bertz CT molecular complexity index is 1150. The molecule has 0 aliphatic heterocycles. The summed E-state index contributed by atoms with van der Waals surface area (Å²) in [7, 11) is 0. The maximum absolute atomic E-state index is 4.62. The molecule has 0 aliphatic carbocycles. The molecule has 0 spiro atoms. The lowest BCUT2D eigenvalue weighted by atomic mass is 10.0. The fourth-order valence-corrected chi connectivity index (χ4v) is 3.19. The van der Waals surface area contributed by atoms with Crippen molar-refractivity contribution < 1.29 is 0 Å². The number of fused-ring (bicyclic) bond motifs is 1. The summed E-state index contributed by atoms with van der Waals surface area (Å²) in [6.45, 7) is 2.18. The number of rotatable bonds is 6. The minimum absolute atomic E-state index is 0.782. The average Bonchev–Trinajstić information content (AvgIpc) is 2.78. The van der Waals surface area contributed by atoms with E-state index in [1.165, 1.54) is 10.9 Å². The first-order chi connectivity index (χ1) is 14.3. The molecular weight excluding hydrogens is 356 g/mol. The van der Waals surface area contributed by atoms with Crippen LogP contribution in [0.2, 0.25) is 0 Å². The molecule has 0 fully saturated rings. The average molecular weight is 378 g/mol. The van der Waals surface area contributed by atoms with Crippen LogP contribution in [0.15, 0.2) is 111 Å². The number of aryl methyl sites for hydroxylation is 1. The minimum Gasteiger partial charge on any atom is -0.151 e. The molecule has 0 N–H and O–H groups in total. The van der Waals surface area contributed by atoms with Crippen LogP contribution in [-0.2, 0) is 6.42 Å². The Morgan fingerprint density at radius 3 is 1.83 bits per heavy atom. The zero-order chi connectivity index (χ0) is 19.9. The summed E-state index contributed by atoms with van der Waals surface area (Å²) in [5.74, 6) is 0. The van der Waals surface area contributed by atoms with Gasteiger partial charge in [-0.2, -0.15) is 15.3 Å². The number of hydrogen-bond donors (Lipinski definition) is 0. The van der Waals surface area contributed by atoms with Crippen LogP contribution in [0, 0.1) is 0 Å². The summed E-state index contributed by atoms with van der Waals surface area (Å²) in [4.78, 5) is 0. The van der Waals surface area contributed by atoms with Crippen molar-refractivity contribution in [1.29, 1.82) is 0 Å². The minimum atomic E-state index is 0.782. The fourth-order valence-electron chi connectivity index (χ4n) is 3.19. The van der Waals surface area contributed by atoms with Gasteiger partial charge in [-0.1, -0.05) is 67.9 Å². The lowest BCUT2D eigenvalue weighted by molar-refractivity contribution is 0.920. The summed E-state index contributed by atoms with van der Waals surface area (Å²) in [6, 6.07) is 29.9. The molecule has 0 saturated heterocycles. The van der Waals surface area contributed by atoms with E-state index in [0.29, 0.717) is 0 Å². The first-order valence-corrected chi connectivity index (χ1v) is 9.83. The van der Waals surface area contributed by atoms with Gasteiger partial charge in [0.05, 0.1) is 22.7 Å². The third-order valence-corrected chi connectivity index (χ3v) is 4.66. The standard InChI is InChI=1S/C25H22N4/c1-2-8-20-14-13-19-9-6-7-12-24(19)25(20)29-28-23-17-15-22(16-18-23)27-26-21-10-4-3-5-11-21/h3-7,9-18H,2,8H2,1H3. The molecule has 0 heterocycles. The van der Waals surface area contributed by atoms with Gasteiger partial charge in [-0.3, -0.25) is 0 Å². The van der Waals surface area contributed by atoms with Gasteiger partial charge in [-0.05, 0) is 53.8 Å². The van der Waals surface area contributed by atoms with E-state index < -0.39 is 0 Å². The third-order valence-electron chi connectivity index (χ3n) is 4.66. The highest BCUT2D eigenvalue weighted by molar-refractivity contribution is 5.94. The Balaban J connectivity index is 1.58. The van der Waals surface area contributed by atoms with Gasteiger partial charge < -0.3 is 0 Å². The van der Waals surface area contributed by atoms with E-state index >= 15 is 0 Å². The smallest absolute Gasteiger partial charge is 0.0967 e. The van der Waals surface area contributed by atoms with Crippen LogP contribution >= 0.6 is 0 Å². The Labute approximate surface area is 170 Å². The predicted octanol–water partition coefficient (Wildman–Crippen LogP) is 8.62. The van der Waals surface area contributed by atoms with Crippen LogP contribution < -0.4 is 0 Å². The maximum Gasteiger partial charge on any atom is 0.0967 e. The molecule has 0 atom stereocenters. The van der Waals surface area contributed by atoms with Crippen LogP contribution in [-0.4, -0.2) is 0 Å².